The van der Waals surface area contributed by atoms with E-state index in [2.05, 4.69) is 5.32 Å². The van der Waals surface area contributed by atoms with Crippen LogP contribution >= 0.6 is 0 Å². The van der Waals surface area contributed by atoms with Crippen molar-refractivity contribution >= 4 is 11.9 Å². The fraction of sp³-hybridized carbons (Fsp3) is 0.176. The van der Waals surface area contributed by atoms with Gasteiger partial charge in [-0.25, -0.2) is 9.18 Å². The highest BCUT2D eigenvalue weighted by atomic mass is 19.1. The van der Waals surface area contributed by atoms with Gasteiger partial charge in [-0.15, -0.1) is 0 Å². The predicted molar refractivity (Wildman–Crippen MR) is 81.6 cm³/mol. The van der Waals surface area contributed by atoms with Crippen LogP contribution in [0.15, 0.2) is 54.6 Å². The lowest BCUT2D eigenvalue weighted by atomic mass is 10.1. The molecule has 2 N–H and O–H groups in total. The fourth-order valence-corrected chi connectivity index (χ4v) is 1.97. The Labute approximate surface area is 132 Å². The molecular weight excluding hydrogens is 301 g/mol. The standard InChI is InChI=1S/C17H16FNO4/c18-13-6-8-14(9-7-13)23-11-16(20)19-15(17(21)22)10-12-4-2-1-3-5-12/h1-9,15H,10-11H2,(H,19,20)(H,21,22)/t15-/m1/s1. The Morgan fingerprint density at radius 3 is 2.35 bits per heavy atom. The van der Waals surface area contributed by atoms with Gasteiger partial charge in [-0.2, -0.15) is 0 Å². The number of rotatable bonds is 7. The van der Waals surface area contributed by atoms with Gasteiger partial charge in [-0.05, 0) is 29.8 Å². The number of aliphatic carboxylic acids is 1. The third-order valence-corrected chi connectivity index (χ3v) is 3.10. The maximum atomic E-state index is 12.8. The number of carboxylic acids is 1. The summed E-state index contributed by atoms with van der Waals surface area (Å²) >= 11 is 0. The molecule has 1 atom stereocenters. The first-order valence-electron chi connectivity index (χ1n) is 6.99. The Balaban J connectivity index is 1.88. The smallest absolute Gasteiger partial charge is 0.326 e. The van der Waals surface area contributed by atoms with Crippen molar-refractivity contribution < 1.29 is 23.8 Å². The average molecular weight is 317 g/mol. The molecule has 2 aromatic carbocycles. The molecule has 5 nitrogen and oxygen atoms in total. The van der Waals surface area contributed by atoms with E-state index in [0.29, 0.717) is 5.75 Å². The minimum Gasteiger partial charge on any atom is -0.484 e. The van der Waals surface area contributed by atoms with Gasteiger partial charge in [0, 0.05) is 6.42 Å². The summed E-state index contributed by atoms with van der Waals surface area (Å²) in [5.74, 6) is -1.76. The van der Waals surface area contributed by atoms with Crippen LogP contribution in [0.25, 0.3) is 0 Å². The zero-order valence-corrected chi connectivity index (χ0v) is 12.2. The van der Waals surface area contributed by atoms with Crippen LogP contribution < -0.4 is 10.1 Å². The fourth-order valence-electron chi connectivity index (χ4n) is 1.97. The summed E-state index contributed by atoms with van der Waals surface area (Å²) in [6.45, 7) is -0.343. The van der Waals surface area contributed by atoms with Gasteiger partial charge >= 0.3 is 5.97 Å². The normalized spacial score (nSPS) is 11.5. The predicted octanol–water partition coefficient (Wildman–Crippen LogP) is 2.02. The molecule has 120 valence electrons. The Bertz CT molecular complexity index is 658. The van der Waals surface area contributed by atoms with E-state index in [-0.39, 0.29) is 13.0 Å². The number of amides is 1. The Kier molecular flexibility index (Phi) is 5.68. The first kappa shape index (κ1) is 16.5. The van der Waals surface area contributed by atoms with Crippen molar-refractivity contribution in [3.63, 3.8) is 0 Å². The van der Waals surface area contributed by atoms with Gasteiger partial charge in [0.05, 0.1) is 0 Å². The third-order valence-electron chi connectivity index (χ3n) is 3.10. The number of ether oxygens (including phenoxy) is 1. The molecule has 23 heavy (non-hydrogen) atoms. The van der Waals surface area contributed by atoms with Crippen molar-refractivity contribution in [3.8, 4) is 5.75 Å². The quantitative estimate of drug-likeness (QED) is 0.819. The van der Waals surface area contributed by atoms with Crippen LogP contribution in [0.3, 0.4) is 0 Å². The minimum atomic E-state index is -1.12. The van der Waals surface area contributed by atoms with Gasteiger partial charge in [-0.3, -0.25) is 4.79 Å². The van der Waals surface area contributed by atoms with Crippen molar-refractivity contribution in [2.75, 3.05) is 6.61 Å². The second kappa shape index (κ2) is 7.93. The largest absolute Gasteiger partial charge is 0.484 e. The van der Waals surface area contributed by atoms with Gasteiger partial charge in [-0.1, -0.05) is 30.3 Å². The molecule has 0 aromatic heterocycles. The number of carbonyl (C=O) groups is 2. The minimum absolute atomic E-state index is 0.179. The zero-order valence-electron chi connectivity index (χ0n) is 12.2. The molecule has 0 aliphatic rings. The lowest BCUT2D eigenvalue weighted by Gasteiger charge is -2.15. The Hall–Kier alpha value is -2.89. The number of hydrogen-bond donors (Lipinski definition) is 2. The van der Waals surface area contributed by atoms with Gasteiger partial charge in [0.25, 0.3) is 5.91 Å². The second-order valence-corrected chi connectivity index (χ2v) is 4.89. The van der Waals surface area contributed by atoms with Crippen LogP contribution in [0.5, 0.6) is 5.75 Å². The summed E-state index contributed by atoms with van der Waals surface area (Å²) in [6, 6.07) is 13.2. The van der Waals surface area contributed by atoms with E-state index in [1.165, 1.54) is 24.3 Å². The van der Waals surface area contributed by atoms with E-state index in [4.69, 9.17) is 4.74 Å². The van der Waals surface area contributed by atoms with Gasteiger partial charge in [0.2, 0.25) is 0 Å². The van der Waals surface area contributed by atoms with Crippen LogP contribution in [0, 0.1) is 5.82 Å². The van der Waals surface area contributed by atoms with E-state index < -0.39 is 23.7 Å². The van der Waals surface area contributed by atoms with Crippen LogP contribution in [-0.2, 0) is 16.0 Å². The lowest BCUT2D eigenvalue weighted by molar-refractivity contribution is -0.142. The molecule has 0 unspecified atom stereocenters. The molecule has 2 aromatic rings. The average Bonchev–Trinajstić information content (AvgIpc) is 2.54. The molecule has 0 spiro atoms. The van der Waals surface area contributed by atoms with Crippen molar-refractivity contribution in [1.82, 2.24) is 5.32 Å². The maximum Gasteiger partial charge on any atom is 0.326 e. The molecule has 0 fully saturated rings. The molecule has 0 bridgehead atoms. The zero-order chi connectivity index (χ0) is 16.7. The second-order valence-electron chi connectivity index (χ2n) is 4.89. The van der Waals surface area contributed by atoms with Crippen LogP contribution in [0.1, 0.15) is 5.56 Å². The number of halogens is 1. The van der Waals surface area contributed by atoms with E-state index in [9.17, 15) is 19.1 Å². The van der Waals surface area contributed by atoms with Crippen LogP contribution in [0.4, 0.5) is 4.39 Å². The topological polar surface area (TPSA) is 75.6 Å². The molecule has 0 saturated heterocycles. The molecule has 0 radical (unpaired) electrons. The van der Waals surface area contributed by atoms with E-state index in [0.717, 1.165) is 5.56 Å². The summed E-state index contributed by atoms with van der Waals surface area (Å²) in [6.07, 6.45) is 0.179. The van der Waals surface area contributed by atoms with Crippen LogP contribution in [0.2, 0.25) is 0 Å². The number of hydrogen-bond acceptors (Lipinski definition) is 3. The maximum absolute atomic E-state index is 12.8. The van der Waals surface area contributed by atoms with E-state index in [1.54, 1.807) is 24.3 Å². The summed E-state index contributed by atoms with van der Waals surface area (Å²) < 4.78 is 17.9. The first-order valence-corrected chi connectivity index (χ1v) is 6.99. The molecule has 2 rings (SSSR count). The Morgan fingerprint density at radius 2 is 1.74 bits per heavy atom. The van der Waals surface area contributed by atoms with Gasteiger partial charge in [0.1, 0.15) is 17.6 Å². The lowest BCUT2D eigenvalue weighted by Crippen LogP contribution is -2.44. The van der Waals surface area contributed by atoms with Crippen LogP contribution in [-0.4, -0.2) is 29.6 Å². The molecule has 0 aliphatic heterocycles. The summed E-state index contributed by atoms with van der Waals surface area (Å²) in [4.78, 5) is 23.1. The monoisotopic (exact) mass is 317 g/mol. The summed E-state index contributed by atoms with van der Waals surface area (Å²) in [5, 5.41) is 11.6. The van der Waals surface area contributed by atoms with Gasteiger partial charge < -0.3 is 15.2 Å². The molecule has 0 heterocycles. The van der Waals surface area contributed by atoms with Crippen molar-refractivity contribution in [1.29, 1.82) is 0 Å². The number of benzene rings is 2. The van der Waals surface area contributed by atoms with Gasteiger partial charge in [0.15, 0.2) is 6.61 Å². The van der Waals surface area contributed by atoms with E-state index in [1.807, 2.05) is 6.07 Å². The Morgan fingerprint density at radius 1 is 1.09 bits per heavy atom. The number of carbonyl (C=O) groups excluding carboxylic acids is 1. The number of nitrogens with one attached hydrogen (secondary N) is 1. The van der Waals surface area contributed by atoms with Crippen molar-refractivity contribution in [3.05, 3.63) is 66.0 Å². The van der Waals surface area contributed by atoms with Crippen molar-refractivity contribution in [2.24, 2.45) is 0 Å². The SMILES string of the molecule is O=C(COc1ccc(F)cc1)N[C@H](Cc1ccccc1)C(=O)O. The third kappa shape index (κ3) is 5.43. The highest BCUT2D eigenvalue weighted by Crippen LogP contribution is 2.10. The molecule has 6 heteroatoms. The first-order chi connectivity index (χ1) is 11.0. The highest BCUT2D eigenvalue weighted by molar-refractivity contribution is 5.84. The molecule has 0 saturated carbocycles. The van der Waals surface area contributed by atoms with Crippen molar-refractivity contribution in [2.45, 2.75) is 12.5 Å². The summed E-state index contributed by atoms with van der Waals surface area (Å²) in [5.41, 5.74) is 0.805. The molecule has 1 amide bonds. The number of carboxylic acid groups (broad SMARTS) is 1. The highest BCUT2D eigenvalue weighted by Gasteiger charge is 2.20. The molecule has 0 aliphatic carbocycles. The van der Waals surface area contributed by atoms with E-state index >= 15 is 0 Å². The molecular formula is C17H16FNO4. The summed E-state index contributed by atoms with van der Waals surface area (Å²) in [7, 11) is 0.